The van der Waals surface area contributed by atoms with Crippen molar-refractivity contribution in [3.8, 4) is 0 Å². The Morgan fingerprint density at radius 3 is 2.76 bits per heavy atom. The fourth-order valence-corrected chi connectivity index (χ4v) is 2.03. The summed E-state index contributed by atoms with van der Waals surface area (Å²) in [4.78, 5) is 12.0. The molecule has 0 aliphatic heterocycles. The molecule has 0 aromatic heterocycles. The van der Waals surface area contributed by atoms with Crippen LogP contribution in [0.25, 0.3) is 0 Å². The molecule has 94 valence electrons. The van der Waals surface area contributed by atoms with Crippen LogP contribution in [0.4, 0.5) is 0 Å². The van der Waals surface area contributed by atoms with Gasteiger partial charge in [0.05, 0.1) is 22.7 Å². The SMILES string of the molecule is COCC(C)(C)NC(=O)c1cccc(Br)c1Cl. The molecule has 1 rings (SSSR count). The van der Waals surface area contributed by atoms with Crippen LogP contribution in [0.3, 0.4) is 0 Å². The van der Waals surface area contributed by atoms with Crippen LogP contribution >= 0.6 is 27.5 Å². The predicted octanol–water partition coefficient (Wildman–Crippen LogP) is 3.26. The molecule has 1 aromatic carbocycles. The number of nitrogens with one attached hydrogen (secondary N) is 1. The predicted molar refractivity (Wildman–Crippen MR) is 72.6 cm³/mol. The van der Waals surface area contributed by atoms with E-state index in [9.17, 15) is 4.79 Å². The average Bonchev–Trinajstić information content (AvgIpc) is 2.21. The first-order valence-electron chi connectivity index (χ1n) is 5.13. The zero-order valence-corrected chi connectivity index (χ0v) is 12.4. The molecule has 0 atom stereocenters. The Morgan fingerprint density at radius 1 is 1.53 bits per heavy atom. The summed E-state index contributed by atoms with van der Waals surface area (Å²) >= 11 is 9.34. The van der Waals surface area contributed by atoms with Crippen LogP contribution in [-0.4, -0.2) is 25.2 Å². The topological polar surface area (TPSA) is 38.3 Å². The van der Waals surface area contributed by atoms with Crippen molar-refractivity contribution in [2.45, 2.75) is 19.4 Å². The van der Waals surface area contributed by atoms with E-state index in [1.54, 1.807) is 25.3 Å². The van der Waals surface area contributed by atoms with Crippen molar-refractivity contribution in [2.24, 2.45) is 0 Å². The molecule has 0 bridgehead atoms. The summed E-state index contributed by atoms with van der Waals surface area (Å²) in [6, 6.07) is 5.25. The van der Waals surface area contributed by atoms with Crippen molar-refractivity contribution < 1.29 is 9.53 Å². The number of amides is 1. The highest BCUT2D eigenvalue weighted by molar-refractivity contribution is 9.10. The average molecular weight is 321 g/mol. The Labute approximate surface area is 115 Å². The highest BCUT2D eigenvalue weighted by Crippen LogP contribution is 2.26. The van der Waals surface area contributed by atoms with E-state index >= 15 is 0 Å². The molecule has 1 amide bonds. The highest BCUT2D eigenvalue weighted by atomic mass is 79.9. The minimum absolute atomic E-state index is 0.210. The minimum Gasteiger partial charge on any atom is -0.382 e. The van der Waals surface area contributed by atoms with Crippen LogP contribution in [0, 0.1) is 0 Å². The second-order valence-corrected chi connectivity index (χ2v) is 5.60. The molecule has 0 unspecified atom stereocenters. The van der Waals surface area contributed by atoms with Crippen LogP contribution in [0.2, 0.25) is 5.02 Å². The molecule has 0 saturated heterocycles. The Bertz CT molecular complexity index is 421. The van der Waals surface area contributed by atoms with Crippen LogP contribution in [0.1, 0.15) is 24.2 Å². The number of methoxy groups -OCH3 is 1. The Morgan fingerprint density at radius 2 is 2.18 bits per heavy atom. The molecule has 17 heavy (non-hydrogen) atoms. The summed E-state index contributed by atoms with van der Waals surface area (Å²) in [5, 5.41) is 3.29. The smallest absolute Gasteiger partial charge is 0.253 e. The van der Waals surface area contributed by atoms with Crippen LogP contribution in [0.5, 0.6) is 0 Å². The van der Waals surface area contributed by atoms with E-state index in [0.717, 1.165) is 0 Å². The third-order valence-corrected chi connectivity index (χ3v) is 3.45. The van der Waals surface area contributed by atoms with Crippen molar-refractivity contribution in [2.75, 3.05) is 13.7 Å². The molecule has 1 aromatic rings. The molecule has 0 radical (unpaired) electrons. The van der Waals surface area contributed by atoms with Gasteiger partial charge in [-0.2, -0.15) is 0 Å². The minimum atomic E-state index is -0.433. The lowest BCUT2D eigenvalue weighted by molar-refractivity contribution is 0.0820. The van der Waals surface area contributed by atoms with Gasteiger partial charge in [0.2, 0.25) is 0 Å². The van der Waals surface area contributed by atoms with Crippen molar-refractivity contribution in [1.82, 2.24) is 5.32 Å². The number of carbonyl (C=O) groups excluding carboxylic acids is 1. The van der Waals surface area contributed by atoms with Gasteiger partial charge in [0.1, 0.15) is 0 Å². The lowest BCUT2D eigenvalue weighted by atomic mass is 10.1. The molecule has 0 heterocycles. The standard InChI is InChI=1S/C12H15BrClNO2/c1-12(2,7-17-3)15-11(16)8-5-4-6-9(13)10(8)14/h4-6H,7H2,1-3H3,(H,15,16). The molecular weight excluding hydrogens is 305 g/mol. The maximum atomic E-state index is 12.0. The lowest BCUT2D eigenvalue weighted by Gasteiger charge is -2.25. The molecule has 0 saturated carbocycles. The Hall–Kier alpha value is -0.580. The third-order valence-electron chi connectivity index (χ3n) is 2.15. The van der Waals surface area contributed by atoms with Gasteiger partial charge in [-0.05, 0) is 41.9 Å². The van der Waals surface area contributed by atoms with Gasteiger partial charge in [-0.1, -0.05) is 17.7 Å². The monoisotopic (exact) mass is 319 g/mol. The summed E-state index contributed by atoms with van der Waals surface area (Å²) in [5.41, 5.74) is 0.0162. The van der Waals surface area contributed by atoms with E-state index in [-0.39, 0.29) is 5.91 Å². The van der Waals surface area contributed by atoms with Gasteiger partial charge < -0.3 is 10.1 Å². The Balaban J connectivity index is 2.87. The first kappa shape index (κ1) is 14.5. The van der Waals surface area contributed by atoms with Crippen molar-refractivity contribution >= 4 is 33.4 Å². The maximum absolute atomic E-state index is 12.0. The first-order valence-corrected chi connectivity index (χ1v) is 6.30. The van der Waals surface area contributed by atoms with Gasteiger partial charge in [0.15, 0.2) is 0 Å². The summed E-state index contributed by atoms with van der Waals surface area (Å²) in [5.74, 6) is -0.210. The fourth-order valence-electron chi connectivity index (χ4n) is 1.45. The molecule has 0 spiro atoms. The summed E-state index contributed by atoms with van der Waals surface area (Å²) in [6.45, 7) is 4.21. The van der Waals surface area contributed by atoms with E-state index in [2.05, 4.69) is 21.2 Å². The number of benzene rings is 1. The van der Waals surface area contributed by atoms with Gasteiger partial charge in [0.25, 0.3) is 5.91 Å². The highest BCUT2D eigenvalue weighted by Gasteiger charge is 2.22. The number of ether oxygens (including phenoxy) is 1. The van der Waals surface area contributed by atoms with Crippen molar-refractivity contribution in [1.29, 1.82) is 0 Å². The number of hydrogen-bond acceptors (Lipinski definition) is 2. The summed E-state index contributed by atoms with van der Waals surface area (Å²) < 4.78 is 5.75. The van der Waals surface area contributed by atoms with E-state index < -0.39 is 5.54 Å². The molecule has 5 heteroatoms. The van der Waals surface area contributed by atoms with Crippen LogP contribution in [-0.2, 0) is 4.74 Å². The second kappa shape index (κ2) is 5.85. The number of halogens is 2. The van der Waals surface area contributed by atoms with E-state index in [0.29, 0.717) is 21.7 Å². The molecule has 0 fully saturated rings. The normalized spacial score (nSPS) is 11.4. The van der Waals surface area contributed by atoms with Gasteiger partial charge in [-0.3, -0.25) is 4.79 Å². The molecular formula is C12H15BrClNO2. The molecule has 1 N–H and O–H groups in total. The summed E-state index contributed by atoms with van der Waals surface area (Å²) in [6.07, 6.45) is 0. The van der Waals surface area contributed by atoms with Crippen LogP contribution < -0.4 is 5.32 Å². The van der Waals surface area contributed by atoms with Crippen LogP contribution in [0.15, 0.2) is 22.7 Å². The largest absolute Gasteiger partial charge is 0.382 e. The zero-order valence-electron chi connectivity index (χ0n) is 10.0. The molecule has 0 aliphatic rings. The van der Waals surface area contributed by atoms with Gasteiger partial charge in [-0.15, -0.1) is 0 Å². The first-order chi connectivity index (χ1) is 7.87. The number of hydrogen-bond donors (Lipinski definition) is 1. The number of carbonyl (C=O) groups is 1. The molecule has 3 nitrogen and oxygen atoms in total. The number of rotatable bonds is 4. The fraction of sp³-hybridized carbons (Fsp3) is 0.417. The molecule has 0 aliphatic carbocycles. The summed E-state index contributed by atoms with van der Waals surface area (Å²) in [7, 11) is 1.60. The van der Waals surface area contributed by atoms with Gasteiger partial charge in [-0.25, -0.2) is 0 Å². The second-order valence-electron chi connectivity index (χ2n) is 4.37. The zero-order chi connectivity index (χ0) is 13.1. The van der Waals surface area contributed by atoms with E-state index in [1.165, 1.54) is 0 Å². The third kappa shape index (κ3) is 3.98. The van der Waals surface area contributed by atoms with E-state index in [1.807, 2.05) is 13.8 Å². The quantitative estimate of drug-likeness (QED) is 0.925. The van der Waals surface area contributed by atoms with Crippen molar-refractivity contribution in [3.05, 3.63) is 33.3 Å². The van der Waals surface area contributed by atoms with E-state index in [4.69, 9.17) is 16.3 Å². The maximum Gasteiger partial charge on any atom is 0.253 e. The van der Waals surface area contributed by atoms with Gasteiger partial charge >= 0.3 is 0 Å². The van der Waals surface area contributed by atoms with Crippen molar-refractivity contribution in [3.63, 3.8) is 0 Å². The van der Waals surface area contributed by atoms with Gasteiger partial charge in [0, 0.05) is 11.6 Å². The lowest BCUT2D eigenvalue weighted by Crippen LogP contribution is -2.46. The Kier molecular flexibility index (Phi) is 4.98.